The van der Waals surface area contributed by atoms with Crippen LogP contribution in [0.2, 0.25) is 5.02 Å². The summed E-state index contributed by atoms with van der Waals surface area (Å²) in [5.74, 6) is 0.858. The molecule has 1 atom stereocenters. The summed E-state index contributed by atoms with van der Waals surface area (Å²) in [5.41, 5.74) is 1.05. The number of likely N-dealkylation sites (N-methyl/N-ethyl adjacent to an activating group) is 1. The maximum Gasteiger partial charge on any atom is 0.124 e. The molecular formula is C13H19ClN2O. The molecule has 1 heterocycles. The van der Waals surface area contributed by atoms with Crippen molar-refractivity contribution < 1.29 is 4.74 Å². The predicted octanol–water partition coefficient (Wildman–Crippen LogP) is 2.14. The van der Waals surface area contributed by atoms with Crippen molar-refractivity contribution in [1.82, 2.24) is 10.2 Å². The first-order chi connectivity index (χ1) is 8.20. The Labute approximate surface area is 108 Å². The van der Waals surface area contributed by atoms with Crippen molar-refractivity contribution in [2.24, 2.45) is 0 Å². The molecule has 1 fully saturated rings. The predicted molar refractivity (Wildman–Crippen MR) is 70.7 cm³/mol. The van der Waals surface area contributed by atoms with Crippen LogP contribution in [0.15, 0.2) is 18.2 Å². The molecule has 1 aromatic carbocycles. The van der Waals surface area contributed by atoms with Crippen molar-refractivity contribution in [3.63, 3.8) is 0 Å². The number of hydrogen-bond acceptors (Lipinski definition) is 3. The molecule has 1 aromatic rings. The van der Waals surface area contributed by atoms with Crippen molar-refractivity contribution in [2.75, 3.05) is 27.2 Å². The van der Waals surface area contributed by atoms with Crippen molar-refractivity contribution in [3.8, 4) is 5.75 Å². The number of methoxy groups -OCH3 is 1. The lowest BCUT2D eigenvalue weighted by molar-refractivity contribution is 0.391. The summed E-state index contributed by atoms with van der Waals surface area (Å²) < 4.78 is 5.33. The molecule has 94 valence electrons. The third kappa shape index (κ3) is 3.12. The average Bonchev–Trinajstić information content (AvgIpc) is 2.73. The summed E-state index contributed by atoms with van der Waals surface area (Å²) in [4.78, 5) is 2.33. The highest BCUT2D eigenvalue weighted by molar-refractivity contribution is 6.31. The number of likely N-dealkylation sites (tertiary alicyclic amines) is 1. The van der Waals surface area contributed by atoms with E-state index in [1.807, 2.05) is 18.2 Å². The molecule has 1 aliphatic heterocycles. The van der Waals surface area contributed by atoms with Gasteiger partial charge in [0.25, 0.3) is 0 Å². The van der Waals surface area contributed by atoms with Crippen LogP contribution in [0.25, 0.3) is 0 Å². The topological polar surface area (TPSA) is 24.5 Å². The standard InChI is InChI=1S/C13H19ClN2O/c1-16-7-6-10(9-16)15-8-11-12(14)4-3-5-13(11)17-2/h3-5,10,15H,6-9H2,1-2H3. The first-order valence-corrected chi connectivity index (χ1v) is 6.32. The van der Waals surface area contributed by atoms with E-state index in [2.05, 4.69) is 17.3 Å². The van der Waals surface area contributed by atoms with E-state index in [-0.39, 0.29) is 0 Å². The first-order valence-electron chi connectivity index (χ1n) is 5.94. The highest BCUT2D eigenvalue weighted by Crippen LogP contribution is 2.26. The molecule has 3 nitrogen and oxygen atoms in total. The van der Waals surface area contributed by atoms with Gasteiger partial charge in [-0.05, 0) is 32.1 Å². The van der Waals surface area contributed by atoms with E-state index < -0.39 is 0 Å². The fourth-order valence-electron chi connectivity index (χ4n) is 2.25. The summed E-state index contributed by atoms with van der Waals surface area (Å²) in [7, 11) is 3.83. The van der Waals surface area contributed by atoms with Gasteiger partial charge in [-0.3, -0.25) is 0 Å². The van der Waals surface area contributed by atoms with Crippen LogP contribution in [-0.4, -0.2) is 38.2 Å². The summed E-state index contributed by atoms with van der Waals surface area (Å²) in [6.07, 6.45) is 1.20. The Kier molecular flexibility index (Phi) is 4.26. The number of benzene rings is 1. The van der Waals surface area contributed by atoms with Crippen LogP contribution in [0.4, 0.5) is 0 Å². The first kappa shape index (κ1) is 12.7. The molecule has 1 unspecified atom stereocenters. The molecule has 4 heteroatoms. The maximum absolute atomic E-state index is 6.19. The second-order valence-electron chi connectivity index (χ2n) is 4.55. The van der Waals surface area contributed by atoms with Gasteiger partial charge >= 0.3 is 0 Å². The summed E-state index contributed by atoms with van der Waals surface area (Å²) in [6, 6.07) is 6.32. The normalized spacial score (nSPS) is 20.8. The molecule has 1 aliphatic rings. The van der Waals surface area contributed by atoms with Gasteiger partial charge in [0.2, 0.25) is 0 Å². The molecule has 1 N–H and O–H groups in total. The van der Waals surface area contributed by atoms with E-state index in [4.69, 9.17) is 16.3 Å². The Morgan fingerprint density at radius 2 is 2.35 bits per heavy atom. The van der Waals surface area contributed by atoms with Gasteiger partial charge in [-0.15, -0.1) is 0 Å². The lowest BCUT2D eigenvalue weighted by atomic mass is 10.1. The highest BCUT2D eigenvalue weighted by Gasteiger charge is 2.19. The van der Waals surface area contributed by atoms with Crippen LogP contribution >= 0.6 is 11.6 Å². The fraction of sp³-hybridized carbons (Fsp3) is 0.538. The Morgan fingerprint density at radius 3 is 3.00 bits per heavy atom. The fourth-order valence-corrected chi connectivity index (χ4v) is 2.48. The monoisotopic (exact) mass is 254 g/mol. The third-order valence-electron chi connectivity index (χ3n) is 3.25. The van der Waals surface area contributed by atoms with E-state index in [1.54, 1.807) is 7.11 Å². The number of rotatable bonds is 4. The van der Waals surface area contributed by atoms with Gasteiger partial charge in [-0.2, -0.15) is 0 Å². The Balaban J connectivity index is 1.98. The van der Waals surface area contributed by atoms with Crippen LogP contribution in [0, 0.1) is 0 Å². The van der Waals surface area contributed by atoms with Crippen molar-refractivity contribution in [3.05, 3.63) is 28.8 Å². The van der Waals surface area contributed by atoms with Crippen LogP contribution in [-0.2, 0) is 6.54 Å². The zero-order valence-electron chi connectivity index (χ0n) is 10.4. The molecule has 0 aromatic heterocycles. The van der Waals surface area contributed by atoms with Crippen molar-refractivity contribution in [1.29, 1.82) is 0 Å². The number of nitrogens with zero attached hydrogens (tertiary/aromatic N) is 1. The highest BCUT2D eigenvalue weighted by atomic mass is 35.5. The van der Waals surface area contributed by atoms with Gasteiger partial charge in [0.05, 0.1) is 7.11 Å². The van der Waals surface area contributed by atoms with Gasteiger partial charge < -0.3 is 15.0 Å². The zero-order valence-corrected chi connectivity index (χ0v) is 11.1. The smallest absolute Gasteiger partial charge is 0.124 e. The Bertz CT molecular complexity index is 384. The summed E-state index contributed by atoms with van der Waals surface area (Å²) in [5, 5.41) is 4.30. The minimum atomic E-state index is 0.556. The molecule has 2 rings (SSSR count). The Morgan fingerprint density at radius 1 is 1.53 bits per heavy atom. The summed E-state index contributed by atoms with van der Waals surface area (Å²) in [6.45, 7) is 3.03. The molecule has 0 bridgehead atoms. The second kappa shape index (κ2) is 5.71. The van der Waals surface area contributed by atoms with Gasteiger partial charge in [-0.1, -0.05) is 17.7 Å². The number of hydrogen-bond donors (Lipinski definition) is 1. The second-order valence-corrected chi connectivity index (χ2v) is 4.96. The third-order valence-corrected chi connectivity index (χ3v) is 3.61. The van der Waals surface area contributed by atoms with Gasteiger partial charge in [0.15, 0.2) is 0 Å². The number of halogens is 1. The summed E-state index contributed by atoms with van der Waals surface area (Å²) >= 11 is 6.19. The van der Waals surface area contributed by atoms with Crippen LogP contribution in [0.5, 0.6) is 5.75 Å². The van der Waals surface area contributed by atoms with E-state index in [0.717, 1.165) is 36.0 Å². The maximum atomic E-state index is 6.19. The van der Waals surface area contributed by atoms with E-state index in [1.165, 1.54) is 6.42 Å². The molecule has 1 saturated heterocycles. The Hall–Kier alpha value is -0.770. The minimum absolute atomic E-state index is 0.556. The average molecular weight is 255 g/mol. The van der Waals surface area contributed by atoms with Crippen LogP contribution < -0.4 is 10.1 Å². The van der Waals surface area contributed by atoms with E-state index >= 15 is 0 Å². The molecule has 0 saturated carbocycles. The molecule has 0 radical (unpaired) electrons. The SMILES string of the molecule is COc1cccc(Cl)c1CNC1CCN(C)C1. The van der Waals surface area contributed by atoms with E-state index in [9.17, 15) is 0 Å². The molecule has 0 amide bonds. The van der Waals surface area contributed by atoms with Crippen molar-refractivity contribution >= 4 is 11.6 Å². The molecule has 17 heavy (non-hydrogen) atoms. The largest absolute Gasteiger partial charge is 0.496 e. The molecular weight excluding hydrogens is 236 g/mol. The van der Waals surface area contributed by atoms with E-state index in [0.29, 0.717) is 6.04 Å². The molecule has 0 aliphatic carbocycles. The minimum Gasteiger partial charge on any atom is -0.496 e. The van der Waals surface area contributed by atoms with Crippen molar-refractivity contribution in [2.45, 2.75) is 19.0 Å². The lowest BCUT2D eigenvalue weighted by Crippen LogP contribution is -2.31. The van der Waals surface area contributed by atoms with Gasteiger partial charge in [0.1, 0.15) is 5.75 Å². The van der Waals surface area contributed by atoms with Crippen LogP contribution in [0.3, 0.4) is 0 Å². The number of ether oxygens (including phenoxy) is 1. The zero-order chi connectivity index (χ0) is 12.3. The van der Waals surface area contributed by atoms with Crippen LogP contribution in [0.1, 0.15) is 12.0 Å². The number of nitrogens with one attached hydrogen (secondary N) is 1. The molecule has 0 spiro atoms. The van der Waals surface area contributed by atoms with Gasteiger partial charge in [0, 0.05) is 29.7 Å². The quantitative estimate of drug-likeness (QED) is 0.891. The van der Waals surface area contributed by atoms with Gasteiger partial charge in [-0.25, -0.2) is 0 Å². The lowest BCUT2D eigenvalue weighted by Gasteiger charge is -2.15.